The predicted molar refractivity (Wildman–Crippen MR) is 76.9 cm³/mol. The van der Waals surface area contributed by atoms with Gasteiger partial charge in [-0.3, -0.25) is 4.79 Å². The summed E-state index contributed by atoms with van der Waals surface area (Å²) in [6.45, 7) is 5.04. The minimum absolute atomic E-state index is 0.0394. The van der Waals surface area contributed by atoms with E-state index in [1.807, 2.05) is 0 Å². The number of alkyl halides is 3. The summed E-state index contributed by atoms with van der Waals surface area (Å²) < 4.78 is 49.2. The van der Waals surface area contributed by atoms with Crippen molar-refractivity contribution in [2.45, 2.75) is 39.0 Å². The van der Waals surface area contributed by atoms with Gasteiger partial charge in [0.15, 0.2) is 0 Å². The highest BCUT2D eigenvalue weighted by molar-refractivity contribution is 5.97. The summed E-state index contributed by atoms with van der Waals surface area (Å²) in [6, 6.07) is 3.41. The molecule has 0 aromatic heterocycles. The van der Waals surface area contributed by atoms with Crippen LogP contribution in [0, 0.1) is 0 Å². The van der Waals surface area contributed by atoms with E-state index >= 15 is 0 Å². The first-order chi connectivity index (χ1) is 10.2. The van der Waals surface area contributed by atoms with Gasteiger partial charge in [-0.2, -0.15) is 13.2 Å². The Morgan fingerprint density at radius 2 is 1.91 bits per heavy atom. The lowest BCUT2D eigenvalue weighted by atomic mass is 10.0. The van der Waals surface area contributed by atoms with E-state index in [0.29, 0.717) is 6.42 Å². The number of amides is 1. The third-order valence-corrected chi connectivity index (χ3v) is 3.45. The molecule has 0 bridgehead atoms. The zero-order chi connectivity index (χ0) is 17.0. The number of nitrogens with one attached hydrogen (secondary N) is 1. The van der Waals surface area contributed by atoms with Gasteiger partial charge in [-0.1, -0.05) is 6.92 Å². The summed E-state index contributed by atoms with van der Waals surface area (Å²) in [5.74, 6) is -0.771. The average molecular weight is 319 g/mol. The van der Waals surface area contributed by atoms with Gasteiger partial charge in [0, 0.05) is 12.8 Å². The number of hydrogen-bond acceptors (Lipinski definition) is 3. The molecule has 1 N–H and O–H groups in total. The highest BCUT2D eigenvalue weighted by Gasteiger charge is 2.36. The highest BCUT2D eigenvalue weighted by Crippen LogP contribution is 2.38. The van der Waals surface area contributed by atoms with Crippen molar-refractivity contribution in [1.82, 2.24) is 0 Å². The SMILES string of the molecule is CCOc1ccc(NC(=O)[C@@](C)(CC)OC)cc1C(F)(F)F. The van der Waals surface area contributed by atoms with Crippen LogP contribution in [0.4, 0.5) is 18.9 Å². The van der Waals surface area contributed by atoms with Crippen LogP contribution in [-0.2, 0) is 15.7 Å². The van der Waals surface area contributed by atoms with Crippen LogP contribution in [0.3, 0.4) is 0 Å². The average Bonchev–Trinajstić information content (AvgIpc) is 2.47. The summed E-state index contributed by atoms with van der Waals surface area (Å²) >= 11 is 0. The molecule has 0 spiro atoms. The van der Waals surface area contributed by atoms with Gasteiger partial charge in [0.2, 0.25) is 0 Å². The normalized spacial score (nSPS) is 14.3. The lowest BCUT2D eigenvalue weighted by Gasteiger charge is -2.25. The molecule has 0 fully saturated rings. The Hall–Kier alpha value is -1.76. The first kappa shape index (κ1) is 18.3. The van der Waals surface area contributed by atoms with Gasteiger partial charge in [0.05, 0.1) is 12.2 Å². The third-order valence-electron chi connectivity index (χ3n) is 3.45. The van der Waals surface area contributed by atoms with E-state index in [1.165, 1.54) is 19.2 Å². The fourth-order valence-corrected chi connectivity index (χ4v) is 1.77. The molecule has 1 aromatic rings. The molecule has 7 heteroatoms. The maximum Gasteiger partial charge on any atom is 0.420 e. The Morgan fingerprint density at radius 1 is 1.27 bits per heavy atom. The van der Waals surface area contributed by atoms with Crippen LogP contribution >= 0.6 is 0 Å². The quantitative estimate of drug-likeness (QED) is 0.866. The van der Waals surface area contributed by atoms with Crippen molar-refractivity contribution in [2.75, 3.05) is 19.0 Å². The molecule has 124 valence electrons. The molecule has 0 heterocycles. The van der Waals surface area contributed by atoms with E-state index in [1.54, 1.807) is 20.8 Å². The molecule has 1 rings (SSSR count). The second-order valence-electron chi connectivity index (χ2n) is 4.88. The van der Waals surface area contributed by atoms with E-state index in [9.17, 15) is 18.0 Å². The lowest BCUT2D eigenvalue weighted by Crippen LogP contribution is -2.41. The first-order valence-corrected chi connectivity index (χ1v) is 6.88. The van der Waals surface area contributed by atoms with Crippen molar-refractivity contribution in [3.63, 3.8) is 0 Å². The maximum absolute atomic E-state index is 13.0. The van der Waals surface area contributed by atoms with E-state index in [0.717, 1.165) is 6.07 Å². The van der Waals surface area contributed by atoms with Crippen LogP contribution < -0.4 is 10.1 Å². The Balaban J connectivity index is 3.10. The zero-order valence-corrected chi connectivity index (χ0v) is 13.0. The van der Waals surface area contributed by atoms with Crippen molar-refractivity contribution in [3.8, 4) is 5.75 Å². The fourth-order valence-electron chi connectivity index (χ4n) is 1.77. The van der Waals surface area contributed by atoms with Crippen LogP contribution in [0.25, 0.3) is 0 Å². The fraction of sp³-hybridized carbons (Fsp3) is 0.533. The molecule has 1 atom stereocenters. The minimum Gasteiger partial charge on any atom is -0.493 e. The van der Waals surface area contributed by atoms with Gasteiger partial charge < -0.3 is 14.8 Å². The predicted octanol–water partition coefficient (Wildman–Crippen LogP) is 3.86. The van der Waals surface area contributed by atoms with Crippen molar-refractivity contribution < 1.29 is 27.4 Å². The van der Waals surface area contributed by atoms with Gasteiger partial charge >= 0.3 is 6.18 Å². The van der Waals surface area contributed by atoms with E-state index in [2.05, 4.69) is 5.32 Å². The Labute approximate surface area is 127 Å². The molecule has 1 amide bonds. The zero-order valence-electron chi connectivity index (χ0n) is 13.0. The Morgan fingerprint density at radius 3 is 2.36 bits per heavy atom. The topological polar surface area (TPSA) is 47.6 Å². The van der Waals surface area contributed by atoms with Gasteiger partial charge in [-0.15, -0.1) is 0 Å². The standard InChI is InChI=1S/C15H20F3NO3/c1-5-14(3,21-4)13(20)19-10-7-8-12(22-6-2)11(9-10)15(16,17)18/h7-9H,5-6H2,1-4H3,(H,19,20)/t14-/m1/s1. The minimum atomic E-state index is -4.57. The van der Waals surface area contributed by atoms with Gasteiger partial charge in [-0.25, -0.2) is 0 Å². The summed E-state index contributed by atoms with van der Waals surface area (Å²) in [5, 5.41) is 2.45. The second-order valence-corrected chi connectivity index (χ2v) is 4.88. The second kappa shape index (κ2) is 7.00. The molecule has 0 aliphatic carbocycles. The van der Waals surface area contributed by atoms with Crippen molar-refractivity contribution in [1.29, 1.82) is 0 Å². The summed E-state index contributed by atoms with van der Waals surface area (Å²) in [5.41, 5.74) is -1.99. The summed E-state index contributed by atoms with van der Waals surface area (Å²) in [4.78, 5) is 12.1. The number of benzene rings is 1. The number of carbonyl (C=O) groups is 1. The third kappa shape index (κ3) is 4.13. The molecule has 4 nitrogen and oxygen atoms in total. The van der Waals surface area contributed by atoms with Gasteiger partial charge in [0.1, 0.15) is 11.4 Å². The molecule has 0 unspecified atom stereocenters. The monoisotopic (exact) mass is 319 g/mol. The lowest BCUT2D eigenvalue weighted by molar-refractivity contribution is -0.139. The number of hydrogen-bond donors (Lipinski definition) is 1. The van der Waals surface area contributed by atoms with Crippen molar-refractivity contribution >= 4 is 11.6 Å². The van der Waals surface area contributed by atoms with Crippen molar-refractivity contribution in [3.05, 3.63) is 23.8 Å². The summed E-state index contributed by atoms with van der Waals surface area (Å²) in [7, 11) is 1.38. The van der Waals surface area contributed by atoms with Gasteiger partial charge in [-0.05, 0) is 38.5 Å². The molecular formula is C15H20F3NO3. The van der Waals surface area contributed by atoms with Crippen LogP contribution in [0.1, 0.15) is 32.8 Å². The molecule has 0 aliphatic rings. The molecular weight excluding hydrogens is 299 g/mol. The van der Waals surface area contributed by atoms with Crippen LogP contribution in [0.2, 0.25) is 0 Å². The highest BCUT2D eigenvalue weighted by atomic mass is 19.4. The largest absolute Gasteiger partial charge is 0.493 e. The van der Waals surface area contributed by atoms with Crippen LogP contribution in [-0.4, -0.2) is 25.2 Å². The van der Waals surface area contributed by atoms with E-state index in [4.69, 9.17) is 9.47 Å². The summed E-state index contributed by atoms with van der Waals surface area (Å²) in [6.07, 6.45) is -4.18. The van der Waals surface area contributed by atoms with Crippen LogP contribution in [0.15, 0.2) is 18.2 Å². The van der Waals surface area contributed by atoms with E-state index in [-0.39, 0.29) is 18.0 Å². The van der Waals surface area contributed by atoms with Gasteiger partial charge in [0.25, 0.3) is 5.91 Å². The molecule has 0 saturated carbocycles. The number of rotatable bonds is 6. The number of methoxy groups -OCH3 is 1. The maximum atomic E-state index is 13.0. The molecule has 0 aliphatic heterocycles. The number of halogens is 3. The number of carbonyl (C=O) groups excluding carboxylic acids is 1. The van der Waals surface area contributed by atoms with E-state index < -0.39 is 23.2 Å². The molecule has 0 saturated heterocycles. The Kier molecular flexibility index (Phi) is 5.82. The molecule has 22 heavy (non-hydrogen) atoms. The Bertz CT molecular complexity index is 525. The van der Waals surface area contributed by atoms with Crippen LogP contribution in [0.5, 0.6) is 5.75 Å². The molecule has 1 aromatic carbocycles. The smallest absolute Gasteiger partial charge is 0.420 e. The first-order valence-electron chi connectivity index (χ1n) is 6.88. The number of anilines is 1. The van der Waals surface area contributed by atoms with Crippen molar-refractivity contribution in [2.24, 2.45) is 0 Å². The number of ether oxygens (including phenoxy) is 2. The molecule has 0 radical (unpaired) electrons.